The maximum atomic E-state index is 13.6. The van der Waals surface area contributed by atoms with Crippen LogP contribution in [-0.2, 0) is 14.3 Å². The number of morpholine rings is 1. The van der Waals surface area contributed by atoms with Crippen molar-refractivity contribution in [2.45, 2.75) is 24.6 Å². The number of hydrogen-bond acceptors (Lipinski definition) is 7. The lowest BCUT2D eigenvalue weighted by atomic mass is 10.1. The molecule has 1 saturated heterocycles. The molecule has 20 heteroatoms. The fourth-order valence-corrected chi connectivity index (χ4v) is 3.39. The molecule has 0 spiro atoms. The van der Waals surface area contributed by atoms with Crippen LogP contribution in [0.15, 0.2) is 48.9 Å². The highest BCUT2D eigenvalue weighted by molar-refractivity contribution is 5.98. The fraction of sp³-hybridized carbons (Fsp3) is 0.348. The van der Waals surface area contributed by atoms with Gasteiger partial charge in [0.1, 0.15) is 11.9 Å². The lowest BCUT2D eigenvalue weighted by Gasteiger charge is -2.21. The van der Waals surface area contributed by atoms with Crippen molar-refractivity contribution in [3.8, 4) is 0 Å². The van der Waals surface area contributed by atoms with Crippen molar-refractivity contribution < 1.29 is 78.2 Å². The van der Waals surface area contributed by atoms with Gasteiger partial charge in [0.2, 0.25) is 5.69 Å². The van der Waals surface area contributed by atoms with E-state index in [4.69, 9.17) is 24.5 Å². The molecule has 0 aliphatic carbocycles. The summed E-state index contributed by atoms with van der Waals surface area (Å²) in [6.07, 6.45) is -10.5. The molecule has 11 nitrogen and oxygen atoms in total. The molecular weight excluding hydrogens is 613 g/mol. The van der Waals surface area contributed by atoms with Crippen LogP contribution in [0.25, 0.3) is 5.52 Å². The number of aromatic nitrogens is 3. The Morgan fingerprint density at radius 1 is 0.930 bits per heavy atom. The van der Waals surface area contributed by atoms with E-state index in [0.29, 0.717) is 37.8 Å². The van der Waals surface area contributed by atoms with Crippen molar-refractivity contribution in [3.05, 3.63) is 60.2 Å². The molecule has 1 unspecified atom stereocenters. The van der Waals surface area contributed by atoms with Crippen LogP contribution in [-0.4, -0.2) is 67.7 Å². The zero-order valence-corrected chi connectivity index (χ0v) is 21.3. The van der Waals surface area contributed by atoms with E-state index < -0.39 is 42.4 Å². The number of amides is 1. The number of nitrogens with zero attached hydrogens (tertiary/aromatic N) is 2. The predicted octanol–water partition coefficient (Wildman–Crippen LogP) is 0.0347. The third kappa shape index (κ3) is 10.0. The molecule has 3 aromatic rings. The van der Waals surface area contributed by atoms with E-state index in [0.717, 1.165) is 0 Å². The first-order chi connectivity index (χ1) is 19.8. The first kappa shape index (κ1) is 34.6. The fourth-order valence-electron chi connectivity index (χ4n) is 3.39. The van der Waals surface area contributed by atoms with E-state index in [2.05, 4.69) is 15.3 Å². The number of nitrogens with one attached hydrogen (secondary N) is 3. The number of carbonyl (C=O) groups is 3. The number of aromatic amines is 2. The molecule has 4 heterocycles. The average molecular weight is 633 g/mol. The van der Waals surface area contributed by atoms with E-state index in [1.807, 2.05) is 4.90 Å². The number of H-pyrrole nitrogens is 2. The number of pyridine rings is 2. The van der Waals surface area contributed by atoms with Crippen LogP contribution < -0.4 is 29.8 Å². The summed E-state index contributed by atoms with van der Waals surface area (Å²) in [5.74, 6) is -6.22. The Labute approximate surface area is 234 Å². The topological polar surface area (TPSA) is 156 Å². The molecule has 236 valence electrons. The van der Waals surface area contributed by atoms with Crippen LogP contribution >= 0.6 is 0 Å². The molecule has 4 rings (SSSR count). The lowest BCUT2D eigenvalue weighted by Crippen LogP contribution is -2.41. The van der Waals surface area contributed by atoms with Crippen LogP contribution in [0, 0.1) is 0 Å². The summed E-state index contributed by atoms with van der Waals surface area (Å²) in [5, 5.41) is 19.7. The number of imidazole rings is 1. The number of fused-ring (bicyclic) bond motifs is 1. The largest absolute Gasteiger partial charge is 0.542 e. The van der Waals surface area contributed by atoms with E-state index in [1.54, 1.807) is 28.8 Å². The Kier molecular flexibility index (Phi) is 11.3. The first-order valence-corrected chi connectivity index (χ1v) is 11.6. The van der Waals surface area contributed by atoms with Gasteiger partial charge in [-0.3, -0.25) is 9.69 Å². The lowest BCUT2D eigenvalue weighted by molar-refractivity contribution is -0.497. The number of halogens is 9. The minimum Gasteiger partial charge on any atom is -0.542 e. The highest BCUT2D eigenvalue weighted by Gasteiger charge is 2.44. The van der Waals surface area contributed by atoms with Crippen LogP contribution in [0.5, 0.6) is 0 Å². The number of hydrogen-bond donors (Lipinski definition) is 2. The van der Waals surface area contributed by atoms with Gasteiger partial charge in [-0.1, -0.05) is 6.07 Å². The number of anilines is 1. The van der Waals surface area contributed by atoms with Crippen molar-refractivity contribution in [2.24, 2.45) is 0 Å². The Balaban J connectivity index is 0.000000384. The van der Waals surface area contributed by atoms with Crippen molar-refractivity contribution in [1.29, 1.82) is 0 Å². The molecule has 0 saturated carbocycles. The monoisotopic (exact) mass is 633 g/mol. The van der Waals surface area contributed by atoms with Gasteiger partial charge in [-0.05, 0) is 18.2 Å². The third-order valence-electron chi connectivity index (χ3n) is 5.25. The zero-order valence-electron chi connectivity index (χ0n) is 21.3. The Bertz CT molecular complexity index is 1360. The molecule has 1 aliphatic heterocycles. The second-order valence-electron chi connectivity index (χ2n) is 8.23. The van der Waals surface area contributed by atoms with Gasteiger partial charge in [-0.25, -0.2) is 14.4 Å². The standard InChI is InChI=1S/C19H18F3N5O2.2C2HF3O2/c20-19(21,22)16(13-4-3-6-23-12-13)25-17(28)15-14-5-1-2-7-27(14)18(24-15)26-8-10-29-11-9-26;2*3-2(4,5)1(6)7/h1-7,12,16H,8-11H2,(H,25,28);2*(H,6,7). The smallest absolute Gasteiger partial charge is 0.430 e. The molecular formula is C23H20F9N5O6. The summed E-state index contributed by atoms with van der Waals surface area (Å²) >= 11 is 0. The summed E-state index contributed by atoms with van der Waals surface area (Å²) in [6.45, 7) is 2.30. The van der Waals surface area contributed by atoms with Gasteiger partial charge in [-0.2, -0.15) is 39.5 Å². The van der Waals surface area contributed by atoms with Gasteiger partial charge in [-0.15, -0.1) is 0 Å². The zero-order chi connectivity index (χ0) is 32.6. The summed E-state index contributed by atoms with van der Waals surface area (Å²) in [4.78, 5) is 38.1. The van der Waals surface area contributed by atoms with Crippen LogP contribution in [0.3, 0.4) is 0 Å². The van der Waals surface area contributed by atoms with Crippen LogP contribution in [0.2, 0.25) is 0 Å². The quantitative estimate of drug-likeness (QED) is 0.304. The van der Waals surface area contributed by atoms with Crippen molar-refractivity contribution in [1.82, 2.24) is 10.3 Å². The number of aliphatic carboxylic acids is 2. The summed E-state index contributed by atoms with van der Waals surface area (Å²) in [6, 6.07) is 5.85. The number of carbonyl (C=O) groups excluding carboxylic acids is 3. The molecule has 3 aromatic heterocycles. The Morgan fingerprint density at radius 3 is 1.95 bits per heavy atom. The molecule has 0 bridgehead atoms. The Hall–Kier alpha value is -4.62. The molecule has 1 amide bonds. The van der Waals surface area contributed by atoms with Gasteiger partial charge in [0, 0.05) is 11.6 Å². The highest BCUT2D eigenvalue weighted by atomic mass is 19.4. The average Bonchev–Trinajstić information content (AvgIpc) is 3.31. The number of carboxylic acids is 2. The molecule has 0 aromatic carbocycles. The van der Waals surface area contributed by atoms with Gasteiger partial charge in [0.15, 0.2) is 24.0 Å². The van der Waals surface area contributed by atoms with E-state index in [-0.39, 0.29) is 11.3 Å². The van der Waals surface area contributed by atoms with E-state index >= 15 is 0 Å². The Morgan fingerprint density at radius 2 is 1.49 bits per heavy atom. The molecule has 1 fully saturated rings. The molecule has 0 radical (unpaired) electrons. The number of rotatable bonds is 4. The molecule has 43 heavy (non-hydrogen) atoms. The van der Waals surface area contributed by atoms with E-state index in [9.17, 15) is 44.3 Å². The maximum Gasteiger partial charge on any atom is 0.430 e. The number of alkyl halides is 9. The van der Waals surface area contributed by atoms with Gasteiger partial charge < -0.3 is 29.9 Å². The second-order valence-corrected chi connectivity index (χ2v) is 8.23. The van der Waals surface area contributed by atoms with Gasteiger partial charge in [0.05, 0.1) is 32.5 Å². The SMILES string of the molecule is O=C(NC(c1ccc[nH+]c1)C(F)(F)F)c1[nH]c(N2CCOCC2)[n+]2ccccc12.O=C([O-])C(F)(F)F.O=C([O-])C(F)(F)F. The van der Waals surface area contributed by atoms with Crippen LogP contribution in [0.4, 0.5) is 45.5 Å². The third-order valence-corrected chi connectivity index (χ3v) is 5.25. The van der Waals surface area contributed by atoms with Crippen molar-refractivity contribution in [3.63, 3.8) is 0 Å². The second kappa shape index (κ2) is 14.0. The minimum atomic E-state index is -5.19. The number of ether oxygens (including phenoxy) is 1. The van der Waals surface area contributed by atoms with Crippen molar-refractivity contribution in [2.75, 3.05) is 31.2 Å². The van der Waals surface area contributed by atoms with E-state index in [1.165, 1.54) is 24.5 Å². The minimum absolute atomic E-state index is 0.0706. The predicted molar refractivity (Wildman–Crippen MR) is 118 cm³/mol. The summed E-state index contributed by atoms with van der Waals surface area (Å²) < 4.78 is 111. The van der Waals surface area contributed by atoms with Crippen LogP contribution in [0.1, 0.15) is 22.1 Å². The normalized spacial score (nSPS) is 14.5. The first-order valence-electron chi connectivity index (χ1n) is 11.6. The highest BCUT2D eigenvalue weighted by Crippen LogP contribution is 2.32. The molecule has 3 N–H and O–H groups in total. The van der Waals surface area contributed by atoms with Gasteiger partial charge >= 0.3 is 24.5 Å². The number of carboxylic acid groups (broad SMARTS) is 2. The van der Waals surface area contributed by atoms with Gasteiger partial charge in [0.25, 0.3) is 5.91 Å². The summed E-state index contributed by atoms with van der Waals surface area (Å²) in [5.41, 5.74) is 0.485. The summed E-state index contributed by atoms with van der Waals surface area (Å²) in [7, 11) is 0. The molecule has 1 atom stereocenters. The van der Waals surface area contributed by atoms with Crippen molar-refractivity contribution >= 4 is 29.3 Å². The molecule has 1 aliphatic rings. The maximum absolute atomic E-state index is 13.6.